The Morgan fingerprint density at radius 1 is 1.44 bits per heavy atom. The molecule has 1 atom stereocenters. The maximum Gasteiger partial charge on any atom is 0.373 e. The van der Waals surface area contributed by atoms with Crippen LogP contribution in [0.15, 0.2) is 28.0 Å². The van der Waals surface area contributed by atoms with Gasteiger partial charge in [0.25, 0.3) is 0 Å². The first-order chi connectivity index (χ1) is 8.46. The number of ether oxygens (including phenoxy) is 1. The molecule has 5 heteroatoms. The number of carbonyl (C=O) groups excluding carboxylic acids is 1. The maximum atomic E-state index is 11.3. The fraction of sp³-hybridized carbons (Fsp3) is 0.308. The molecule has 0 aliphatic carbocycles. The molecule has 18 heavy (non-hydrogen) atoms. The normalized spacial score (nSPS) is 14.2. The van der Waals surface area contributed by atoms with Gasteiger partial charge >= 0.3 is 5.97 Å². The second kappa shape index (κ2) is 4.59. The van der Waals surface area contributed by atoms with Gasteiger partial charge in [-0.05, 0) is 43.0 Å². The van der Waals surface area contributed by atoms with Crippen LogP contribution in [0.4, 0.5) is 0 Å². The fourth-order valence-corrected chi connectivity index (χ4v) is 2.79. The minimum absolute atomic E-state index is 0.0852. The third-order valence-electron chi connectivity index (χ3n) is 2.78. The highest BCUT2D eigenvalue weighted by atomic mass is 32.1. The number of esters is 1. The van der Waals surface area contributed by atoms with Crippen LogP contribution in [0, 0.1) is 6.92 Å². The van der Waals surface area contributed by atoms with Crippen LogP contribution in [0.2, 0.25) is 0 Å². The Bertz CT molecular complexity index is 565. The molecule has 0 saturated carbocycles. The van der Waals surface area contributed by atoms with E-state index in [1.165, 1.54) is 24.5 Å². The number of rotatable bonds is 3. The standard InChI is InChI=1S/C13H14O4S/c1-8-6-7-18-11(8)13(2,15)10-5-4-9(17-10)12(14)16-3/h4-7,15H,1-3H3. The van der Waals surface area contributed by atoms with Gasteiger partial charge in [-0.1, -0.05) is 0 Å². The fourth-order valence-electron chi connectivity index (χ4n) is 1.79. The van der Waals surface area contributed by atoms with Gasteiger partial charge in [-0.25, -0.2) is 4.79 Å². The zero-order valence-corrected chi connectivity index (χ0v) is 11.2. The van der Waals surface area contributed by atoms with Crippen molar-refractivity contribution >= 4 is 17.3 Å². The van der Waals surface area contributed by atoms with E-state index in [4.69, 9.17) is 4.42 Å². The van der Waals surface area contributed by atoms with E-state index in [2.05, 4.69) is 4.74 Å². The first-order valence-corrected chi connectivity index (χ1v) is 6.30. The molecule has 0 radical (unpaired) electrons. The first kappa shape index (κ1) is 12.9. The molecule has 96 valence electrons. The summed E-state index contributed by atoms with van der Waals surface area (Å²) in [7, 11) is 1.28. The van der Waals surface area contributed by atoms with Crippen LogP contribution >= 0.6 is 11.3 Å². The summed E-state index contributed by atoms with van der Waals surface area (Å²) >= 11 is 1.45. The van der Waals surface area contributed by atoms with Gasteiger partial charge in [-0.3, -0.25) is 0 Å². The Balaban J connectivity index is 2.39. The molecular weight excluding hydrogens is 252 g/mol. The second-order valence-electron chi connectivity index (χ2n) is 4.16. The largest absolute Gasteiger partial charge is 0.463 e. The predicted molar refractivity (Wildman–Crippen MR) is 67.8 cm³/mol. The van der Waals surface area contributed by atoms with E-state index in [1.54, 1.807) is 13.0 Å². The van der Waals surface area contributed by atoms with E-state index < -0.39 is 11.6 Å². The SMILES string of the molecule is COC(=O)c1ccc(C(C)(O)c2sccc2C)o1. The molecule has 1 unspecified atom stereocenters. The summed E-state index contributed by atoms with van der Waals surface area (Å²) in [6.45, 7) is 3.57. The Morgan fingerprint density at radius 2 is 2.17 bits per heavy atom. The Labute approximate surface area is 109 Å². The smallest absolute Gasteiger partial charge is 0.373 e. The zero-order valence-electron chi connectivity index (χ0n) is 10.4. The lowest BCUT2D eigenvalue weighted by molar-refractivity contribution is 0.0527. The number of hydrogen-bond donors (Lipinski definition) is 1. The third-order valence-corrected chi connectivity index (χ3v) is 4.00. The van der Waals surface area contributed by atoms with Crippen LogP contribution in [-0.2, 0) is 10.3 Å². The quantitative estimate of drug-likeness (QED) is 0.868. The van der Waals surface area contributed by atoms with Crippen molar-refractivity contribution in [3.05, 3.63) is 45.5 Å². The molecular formula is C13H14O4S. The number of hydrogen-bond acceptors (Lipinski definition) is 5. The van der Waals surface area contributed by atoms with Gasteiger partial charge in [0.05, 0.1) is 7.11 Å². The zero-order chi connectivity index (χ0) is 13.3. The monoisotopic (exact) mass is 266 g/mol. The summed E-state index contributed by atoms with van der Waals surface area (Å²) in [4.78, 5) is 12.1. The van der Waals surface area contributed by atoms with Crippen LogP contribution < -0.4 is 0 Å². The molecule has 0 fully saturated rings. The number of aliphatic hydroxyl groups is 1. The van der Waals surface area contributed by atoms with E-state index in [-0.39, 0.29) is 5.76 Å². The number of furan rings is 1. The molecule has 2 rings (SSSR count). The summed E-state index contributed by atoms with van der Waals surface area (Å²) in [5, 5.41) is 12.5. The summed E-state index contributed by atoms with van der Waals surface area (Å²) in [6, 6.07) is 5.02. The Hall–Kier alpha value is -1.59. The van der Waals surface area contributed by atoms with Crippen molar-refractivity contribution in [3.63, 3.8) is 0 Å². The maximum absolute atomic E-state index is 11.3. The molecule has 0 bridgehead atoms. The van der Waals surface area contributed by atoms with Gasteiger partial charge in [0.15, 0.2) is 5.60 Å². The van der Waals surface area contributed by atoms with Gasteiger partial charge < -0.3 is 14.3 Å². The highest BCUT2D eigenvalue weighted by molar-refractivity contribution is 7.10. The molecule has 4 nitrogen and oxygen atoms in total. The van der Waals surface area contributed by atoms with Crippen molar-refractivity contribution in [3.8, 4) is 0 Å². The lowest BCUT2D eigenvalue weighted by Gasteiger charge is -2.20. The molecule has 2 aromatic rings. The molecule has 0 amide bonds. The highest BCUT2D eigenvalue weighted by Gasteiger charge is 2.32. The van der Waals surface area contributed by atoms with Crippen molar-refractivity contribution < 1.29 is 19.1 Å². The molecule has 0 saturated heterocycles. The molecule has 1 N–H and O–H groups in total. The summed E-state index contributed by atoms with van der Waals surface area (Å²) in [5.74, 6) is -0.143. The lowest BCUT2D eigenvalue weighted by Crippen LogP contribution is -2.21. The molecule has 0 aliphatic rings. The molecule has 0 aliphatic heterocycles. The minimum Gasteiger partial charge on any atom is -0.463 e. The summed E-state index contributed by atoms with van der Waals surface area (Å²) in [5.41, 5.74) is -0.258. The van der Waals surface area contributed by atoms with Crippen molar-refractivity contribution in [2.45, 2.75) is 19.4 Å². The van der Waals surface area contributed by atoms with Crippen LogP contribution in [0.25, 0.3) is 0 Å². The van der Waals surface area contributed by atoms with E-state index >= 15 is 0 Å². The Morgan fingerprint density at radius 3 is 2.72 bits per heavy atom. The third kappa shape index (κ3) is 2.07. The number of carbonyl (C=O) groups is 1. The van der Waals surface area contributed by atoms with Crippen LogP contribution in [0.5, 0.6) is 0 Å². The number of thiophene rings is 1. The van der Waals surface area contributed by atoms with Gasteiger partial charge in [0.2, 0.25) is 5.76 Å². The van der Waals surface area contributed by atoms with Crippen molar-refractivity contribution in [2.24, 2.45) is 0 Å². The molecule has 2 aromatic heterocycles. The number of aryl methyl sites for hydroxylation is 1. The molecule has 0 spiro atoms. The van der Waals surface area contributed by atoms with E-state index in [0.717, 1.165) is 10.4 Å². The van der Waals surface area contributed by atoms with Crippen LogP contribution in [0.1, 0.15) is 33.7 Å². The van der Waals surface area contributed by atoms with Crippen molar-refractivity contribution in [2.75, 3.05) is 7.11 Å². The van der Waals surface area contributed by atoms with Gasteiger partial charge in [-0.2, -0.15) is 0 Å². The van der Waals surface area contributed by atoms with Crippen molar-refractivity contribution in [1.29, 1.82) is 0 Å². The second-order valence-corrected chi connectivity index (χ2v) is 5.08. The Kier molecular flexibility index (Phi) is 3.28. The lowest BCUT2D eigenvalue weighted by atomic mass is 9.99. The van der Waals surface area contributed by atoms with E-state index in [9.17, 15) is 9.90 Å². The van der Waals surface area contributed by atoms with Crippen LogP contribution in [-0.4, -0.2) is 18.2 Å². The minimum atomic E-state index is -1.25. The molecule has 2 heterocycles. The van der Waals surface area contributed by atoms with E-state index in [0.29, 0.717) is 5.76 Å². The van der Waals surface area contributed by atoms with E-state index in [1.807, 2.05) is 18.4 Å². The van der Waals surface area contributed by atoms with Crippen LogP contribution in [0.3, 0.4) is 0 Å². The van der Waals surface area contributed by atoms with Gasteiger partial charge in [-0.15, -0.1) is 11.3 Å². The first-order valence-electron chi connectivity index (χ1n) is 5.42. The number of methoxy groups -OCH3 is 1. The average molecular weight is 266 g/mol. The summed E-state index contributed by atoms with van der Waals surface area (Å²) in [6.07, 6.45) is 0. The molecule has 0 aromatic carbocycles. The van der Waals surface area contributed by atoms with Gasteiger partial charge in [0, 0.05) is 4.88 Å². The average Bonchev–Trinajstić information content (AvgIpc) is 2.96. The van der Waals surface area contributed by atoms with Crippen molar-refractivity contribution in [1.82, 2.24) is 0 Å². The highest BCUT2D eigenvalue weighted by Crippen LogP contribution is 2.35. The topological polar surface area (TPSA) is 59.7 Å². The predicted octanol–water partition coefficient (Wildman–Crippen LogP) is 2.69. The van der Waals surface area contributed by atoms with Gasteiger partial charge in [0.1, 0.15) is 5.76 Å². The summed E-state index contributed by atoms with van der Waals surface area (Å²) < 4.78 is 9.93.